The number of methoxy groups -OCH3 is 1. The van der Waals surface area contributed by atoms with Crippen LogP contribution in [-0.2, 0) is 31.0 Å². The highest BCUT2D eigenvalue weighted by atomic mass is 35.5. The van der Waals surface area contributed by atoms with Crippen LogP contribution in [0.1, 0.15) is 43.2 Å². The maximum absolute atomic E-state index is 15.0. The van der Waals surface area contributed by atoms with E-state index >= 15 is 4.79 Å². The molecule has 4 amide bonds. The van der Waals surface area contributed by atoms with Gasteiger partial charge in [0.15, 0.2) is 11.5 Å². The van der Waals surface area contributed by atoms with Crippen LogP contribution >= 0.6 is 22.9 Å². The third-order valence-electron chi connectivity index (χ3n) is 11.7. The summed E-state index contributed by atoms with van der Waals surface area (Å²) in [5.74, 6) is -6.65. The van der Waals surface area contributed by atoms with Gasteiger partial charge in [-0.1, -0.05) is 35.4 Å². The molecule has 52 heavy (non-hydrogen) atoms. The molecule has 6 atom stereocenters. The Balaban J connectivity index is 1.24. The van der Waals surface area contributed by atoms with Crippen molar-refractivity contribution in [2.24, 2.45) is 36.1 Å². The second kappa shape index (κ2) is 12.0. The lowest BCUT2D eigenvalue weighted by Gasteiger charge is -2.49. The van der Waals surface area contributed by atoms with Crippen LogP contribution < -0.4 is 9.64 Å². The molecule has 0 bridgehead atoms. The van der Waals surface area contributed by atoms with Gasteiger partial charge in [0.2, 0.25) is 23.6 Å². The summed E-state index contributed by atoms with van der Waals surface area (Å²) < 4.78 is 7.99. The number of carboxylic acid groups (broad SMARTS) is 1. The van der Waals surface area contributed by atoms with Gasteiger partial charge in [-0.15, -0.1) is 11.3 Å². The van der Waals surface area contributed by atoms with E-state index in [2.05, 4.69) is 0 Å². The molecule has 3 fully saturated rings. The number of phenols is 1. The van der Waals surface area contributed by atoms with E-state index in [9.17, 15) is 29.4 Å². The number of benzene rings is 2. The van der Waals surface area contributed by atoms with E-state index in [4.69, 9.17) is 21.4 Å². The zero-order chi connectivity index (χ0) is 37.0. The van der Waals surface area contributed by atoms with Crippen molar-refractivity contribution in [3.05, 3.63) is 70.3 Å². The monoisotopic (exact) mass is 742 g/mol. The zero-order valence-corrected chi connectivity index (χ0v) is 30.3. The van der Waals surface area contributed by atoms with Crippen molar-refractivity contribution in [2.45, 2.75) is 39.0 Å². The molecule has 1 saturated carbocycles. The molecule has 0 spiro atoms. The predicted octanol–water partition coefficient (Wildman–Crippen LogP) is 5.68. The average Bonchev–Trinajstić information content (AvgIpc) is 3.78. The van der Waals surface area contributed by atoms with E-state index in [-0.39, 0.29) is 43.1 Å². The number of carbonyl (C=O) groups excluding carboxylic acids is 4. The van der Waals surface area contributed by atoms with Crippen LogP contribution in [0.5, 0.6) is 11.5 Å². The van der Waals surface area contributed by atoms with Crippen molar-refractivity contribution in [3.8, 4) is 22.1 Å². The first-order valence-electron chi connectivity index (χ1n) is 17.0. The number of carbonyl (C=O) groups is 5. The number of thiophene rings is 1. The highest BCUT2D eigenvalue weighted by Gasteiger charge is 2.68. The number of anilines is 1. The maximum atomic E-state index is 15.0. The Morgan fingerprint density at radius 3 is 2.60 bits per heavy atom. The predicted molar refractivity (Wildman–Crippen MR) is 192 cm³/mol. The Hall–Kier alpha value is -5.01. The number of nitrogens with zero attached hydrogens (tertiary/aromatic N) is 4. The number of imide groups is 2. The van der Waals surface area contributed by atoms with Crippen LogP contribution in [0, 0.1) is 36.0 Å². The molecule has 268 valence electrons. The van der Waals surface area contributed by atoms with Crippen molar-refractivity contribution in [1.29, 1.82) is 0 Å². The van der Waals surface area contributed by atoms with E-state index < -0.39 is 64.6 Å². The molecule has 0 radical (unpaired) electrons. The number of phenolic OH excluding ortho intramolecular Hbond substituents is 1. The van der Waals surface area contributed by atoms with Crippen molar-refractivity contribution in [1.82, 2.24) is 14.7 Å². The van der Waals surface area contributed by atoms with Crippen molar-refractivity contribution in [3.63, 3.8) is 0 Å². The summed E-state index contributed by atoms with van der Waals surface area (Å²) >= 11 is 7.83. The van der Waals surface area contributed by atoms with Crippen molar-refractivity contribution in [2.75, 3.05) is 18.6 Å². The smallest absolute Gasteiger partial charge is 0.305 e. The number of rotatable bonds is 7. The number of hydrogen-bond donors (Lipinski definition) is 2. The molecule has 0 unspecified atom stereocenters. The summed E-state index contributed by atoms with van der Waals surface area (Å²) in [7, 11) is 3.10. The van der Waals surface area contributed by atoms with Gasteiger partial charge in [0.05, 0.1) is 41.6 Å². The van der Waals surface area contributed by atoms with E-state index in [1.165, 1.54) is 28.0 Å². The van der Waals surface area contributed by atoms with E-state index in [0.717, 1.165) is 25.4 Å². The van der Waals surface area contributed by atoms with Crippen LogP contribution in [0.3, 0.4) is 0 Å². The maximum Gasteiger partial charge on any atom is 0.305 e. The minimum absolute atomic E-state index is 0.110. The standard InChI is InChI=1S/C38H35ClN4O8S/c1-17-22-14-18(39)8-11-27(22)52-33(17)25-16-28(41(3)40-25)43-35(48)24-15-23-19(9-10-20-30(23)36(49)42(34(20)47)13-12-29(44)45)31(38(24,2)37(43)50)21-6-5-7-26(51-4)32(21)46/h5-9,11,14,16,20,23-24,30-31,46H,10,12-13,15H2,1-4H3,(H,44,45)/t20-,23+,24-,30-,31+,38+/m0/s1. The third-order valence-corrected chi connectivity index (χ3v) is 13.2. The number of aryl methyl sites for hydroxylation is 2. The molecule has 2 aliphatic heterocycles. The Morgan fingerprint density at radius 1 is 1.10 bits per heavy atom. The molecule has 8 rings (SSSR count). The van der Waals surface area contributed by atoms with Gasteiger partial charge in [-0.25, -0.2) is 4.90 Å². The number of ether oxygens (including phenoxy) is 1. The number of halogens is 1. The summed E-state index contributed by atoms with van der Waals surface area (Å²) in [6.45, 7) is 3.47. The summed E-state index contributed by atoms with van der Waals surface area (Å²) in [6, 6.07) is 12.4. The lowest BCUT2D eigenvalue weighted by atomic mass is 9.51. The van der Waals surface area contributed by atoms with Crippen molar-refractivity contribution >= 4 is 68.4 Å². The largest absolute Gasteiger partial charge is 0.504 e. The third kappa shape index (κ3) is 4.71. The first-order chi connectivity index (χ1) is 24.8. The lowest BCUT2D eigenvalue weighted by Crippen LogP contribution is -2.49. The molecule has 4 heterocycles. The Morgan fingerprint density at radius 2 is 1.87 bits per heavy atom. The fourth-order valence-electron chi connectivity index (χ4n) is 9.22. The summed E-state index contributed by atoms with van der Waals surface area (Å²) in [5.41, 5.74) is 1.22. The van der Waals surface area contributed by atoms with Gasteiger partial charge in [0.1, 0.15) is 11.5 Å². The van der Waals surface area contributed by atoms with Crippen LogP contribution in [0.4, 0.5) is 5.82 Å². The average molecular weight is 743 g/mol. The molecule has 14 heteroatoms. The van der Waals surface area contributed by atoms with Crippen molar-refractivity contribution < 1.29 is 38.9 Å². The van der Waals surface area contributed by atoms with E-state index in [1.807, 2.05) is 31.2 Å². The fourth-order valence-corrected chi connectivity index (χ4v) is 10.5. The minimum atomic E-state index is -1.40. The minimum Gasteiger partial charge on any atom is -0.504 e. The highest BCUT2D eigenvalue weighted by molar-refractivity contribution is 7.22. The number of amides is 4. The second-order valence-corrected chi connectivity index (χ2v) is 15.7. The molecule has 4 aromatic rings. The Bertz CT molecular complexity index is 2290. The molecule has 12 nitrogen and oxygen atoms in total. The number of aromatic hydroxyl groups is 1. The molecule has 2 aliphatic carbocycles. The zero-order valence-electron chi connectivity index (χ0n) is 28.8. The first kappa shape index (κ1) is 34.1. The number of aromatic nitrogens is 2. The molecular formula is C38H35ClN4O8S. The summed E-state index contributed by atoms with van der Waals surface area (Å²) in [5, 5.41) is 27.2. The summed E-state index contributed by atoms with van der Waals surface area (Å²) in [4.78, 5) is 71.7. The Labute approximate surface area is 307 Å². The van der Waals surface area contributed by atoms with E-state index in [1.54, 1.807) is 38.2 Å². The molecule has 2 saturated heterocycles. The number of aliphatic carboxylic acids is 1. The van der Waals surface area contributed by atoms with Gasteiger partial charge >= 0.3 is 5.97 Å². The number of carboxylic acids is 1. The van der Waals surface area contributed by atoms with Gasteiger partial charge in [-0.3, -0.25) is 33.6 Å². The SMILES string of the molecule is COc1cccc([C@H]2C3=CC[C@@H]4C(=O)N(CCC(=O)O)C(=O)[C@@H]4[C@@H]3C[C@H]3C(=O)N(c4cc(-c5sc6ccc(Cl)cc6c5C)nn4C)C(=O)[C@@]23C)c1O. The highest BCUT2D eigenvalue weighted by Crippen LogP contribution is 2.65. The quantitative estimate of drug-likeness (QED) is 0.179. The van der Waals surface area contributed by atoms with Crippen LogP contribution in [0.25, 0.3) is 20.7 Å². The molecule has 2 aromatic carbocycles. The fraction of sp³-hybridized carbons (Fsp3) is 0.368. The molecule has 2 aromatic heterocycles. The molecular weight excluding hydrogens is 708 g/mol. The van der Waals surface area contributed by atoms with E-state index in [0.29, 0.717) is 21.9 Å². The van der Waals surface area contributed by atoms with Gasteiger partial charge in [-0.05, 0) is 67.8 Å². The van der Waals surface area contributed by atoms with Crippen LogP contribution in [0.15, 0.2) is 54.1 Å². The van der Waals surface area contributed by atoms with Gasteiger partial charge in [-0.2, -0.15) is 5.10 Å². The van der Waals surface area contributed by atoms with Gasteiger partial charge in [0.25, 0.3) is 0 Å². The topological polar surface area (TPSA) is 159 Å². The lowest BCUT2D eigenvalue weighted by molar-refractivity contribution is -0.142. The normalized spacial score (nSPS) is 26.9. The Kier molecular flexibility index (Phi) is 7.88. The molecule has 4 aliphatic rings. The number of hydrogen-bond acceptors (Lipinski definition) is 9. The van der Waals surface area contributed by atoms with Crippen LogP contribution in [0.2, 0.25) is 5.02 Å². The number of fused-ring (bicyclic) bond motifs is 5. The molecule has 2 N–H and O–H groups in total. The first-order valence-corrected chi connectivity index (χ1v) is 18.2. The number of allylic oxidation sites excluding steroid dienone is 2. The number of para-hydroxylation sites is 1. The van der Waals surface area contributed by atoms with Gasteiger partial charge in [0, 0.05) is 40.9 Å². The van der Waals surface area contributed by atoms with Gasteiger partial charge < -0.3 is 14.9 Å². The second-order valence-electron chi connectivity index (χ2n) is 14.2. The van der Waals surface area contributed by atoms with Crippen LogP contribution in [-0.4, -0.2) is 68.1 Å². The number of likely N-dealkylation sites (tertiary alicyclic amines) is 1. The summed E-state index contributed by atoms with van der Waals surface area (Å²) in [6.07, 6.45) is 1.80.